The Hall–Kier alpha value is -11.6. The zero-order valence-electron chi connectivity index (χ0n) is 46.2. The van der Waals surface area contributed by atoms with Crippen molar-refractivity contribution in [3.63, 3.8) is 0 Å². The number of nitrogens with two attached hydrogens (primary N) is 1. The number of carboxylic acids is 1. The monoisotopic (exact) mass is 1270 g/mol. The summed E-state index contributed by atoms with van der Waals surface area (Å²) in [5, 5.41) is 47.8. The number of carbonyl (C=O) groups excluding carboxylic acids is 5. The molecule has 0 bridgehead atoms. The highest BCUT2D eigenvalue weighted by Crippen LogP contribution is 2.46. The maximum atomic E-state index is 13.7. The van der Waals surface area contributed by atoms with E-state index >= 15 is 0 Å². The third kappa shape index (κ3) is 17.6. The number of esters is 2. The smallest absolute Gasteiger partial charge is 0.407 e. The molecule has 32 heteroatoms. The molecule has 5 aromatic carbocycles. The summed E-state index contributed by atoms with van der Waals surface area (Å²) in [5.74, 6) is -8.65. The van der Waals surface area contributed by atoms with Crippen LogP contribution >= 0.6 is 0 Å². The van der Waals surface area contributed by atoms with E-state index in [-0.39, 0.29) is 56.6 Å². The highest BCUT2D eigenvalue weighted by Gasteiger charge is 2.50. The van der Waals surface area contributed by atoms with Crippen LogP contribution in [-0.2, 0) is 25.5 Å². The van der Waals surface area contributed by atoms with E-state index in [9.17, 15) is 82.2 Å². The minimum atomic E-state index is -4.72. The van der Waals surface area contributed by atoms with Crippen molar-refractivity contribution in [1.82, 2.24) is 40.4 Å². The van der Waals surface area contributed by atoms with Crippen molar-refractivity contribution in [2.75, 3.05) is 30.7 Å². The molecule has 3 amide bonds. The second-order valence-electron chi connectivity index (χ2n) is 19.4. The molecule has 0 saturated heterocycles. The van der Waals surface area contributed by atoms with Gasteiger partial charge in [-0.25, -0.2) is 13.6 Å². The minimum absolute atomic E-state index is 0.0139. The SMILES string of the molecule is FC(F)(F)CN=Cc1cn[nH]c1.N#Cc1cc(N)ccc1F.N#Cc1cc(NC(=O)[C@@H]2c3ccccc3C(=O)N(CC(F)(F)F)[C@H]2c2cn[nH]c2)ccc1F.O=C(O)[C@@H]1c2ccccc2C(=O)N(CC(F)(F)F)[C@H]1c1cn[nH]c1.O=C1Cc2ccccc2C(=O)O1. The lowest BCUT2D eigenvalue weighted by molar-refractivity contribution is -0.153. The molecule has 0 aliphatic carbocycles. The molecule has 8 aromatic rings. The number of nitrogens with zero attached hydrogens (tertiary/aromatic N) is 8. The van der Waals surface area contributed by atoms with Gasteiger partial charge in [-0.3, -0.25) is 44.3 Å². The number of alkyl halides is 9. The fraction of sp³-hybridized carbons (Fsp3) is 0.186. The van der Waals surface area contributed by atoms with Crippen LogP contribution in [0.1, 0.15) is 99.5 Å². The largest absolute Gasteiger partial charge is 0.481 e. The number of rotatable bonds is 9. The van der Waals surface area contributed by atoms with Crippen molar-refractivity contribution in [1.29, 1.82) is 10.5 Å². The normalized spacial score (nSPS) is 16.6. The van der Waals surface area contributed by atoms with Crippen molar-refractivity contribution in [2.24, 2.45) is 4.99 Å². The summed E-state index contributed by atoms with van der Waals surface area (Å²) in [4.78, 5) is 77.0. The van der Waals surface area contributed by atoms with Crippen LogP contribution in [0.3, 0.4) is 0 Å². The van der Waals surface area contributed by atoms with Crippen molar-refractivity contribution in [3.05, 3.63) is 219 Å². The standard InChI is InChI=1S/C22H15F4N5O2.C15H12F3N3O3.C9H6O3.C7H5FN2.C6H6F3N3/c23-17-6-5-14(7-12(17)8-27)30-20(32)18-15-3-1-2-4-16(15)21(33)31(11-22(24,25)26)19(18)13-9-28-29-10-13;16-15(17,18)7-21-12(8-5-19-20-6-8)11(14(23)24)9-3-1-2-4-10(9)13(21)22;10-8-5-6-3-1-2-4-7(6)9(11)12-8;8-7-2-1-6(10)3-5(7)4-9;7-6(8,9)4-10-1-5-2-11-12-3-5/h1-7,9-10,18-19H,11H2,(H,28,29)(H,30,32);1-6,11-12H,7H2,(H,19,20)(H,23,24);1-4H,5H2;1-3H,10H2;1-3H,4H2,(H,11,12)/t18-,19+;11-,12+;;;/m11.../s1. The first-order valence-electron chi connectivity index (χ1n) is 26.0. The van der Waals surface area contributed by atoms with Gasteiger partial charge >= 0.3 is 36.4 Å². The van der Waals surface area contributed by atoms with Crippen LogP contribution in [0.25, 0.3) is 0 Å². The predicted octanol–water partition coefficient (Wildman–Crippen LogP) is 9.84. The molecule has 470 valence electrons. The molecule has 3 aliphatic heterocycles. The van der Waals surface area contributed by atoms with Crippen molar-refractivity contribution >= 4 is 53.2 Å². The fourth-order valence-electron chi connectivity index (χ4n) is 9.40. The number of cyclic esters (lactones) is 2. The Morgan fingerprint density at radius 1 is 0.659 bits per heavy atom. The maximum absolute atomic E-state index is 13.7. The van der Waals surface area contributed by atoms with E-state index in [4.69, 9.17) is 16.3 Å². The summed E-state index contributed by atoms with van der Waals surface area (Å²) in [6, 6.07) is 26.7. The zero-order valence-corrected chi connectivity index (χ0v) is 46.2. The maximum Gasteiger partial charge on any atom is 0.407 e. The number of anilines is 2. The van der Waals surface area contributed by atoms with Gasteiger partial charge in [-0.15, -0.1) is 0 Å². The summed E-state index contributed by atoms with van der Waals surface area (Å²) < 4.78 is 144. The Morgan fingerprint density at radius 2 is 1.14 bits per heavy atom. The molecule has 6 heterocycles. The summed E-state index contributed by atoms with van der Waals surface area (Å²) in [6.07, 6.45) is -4.35. The first-order valence-corrected chi connectivity index (χ1v) is 26.0. The van der Waals surface area contributed by atoms with Crippen LogP contribution in [0.15, 0.2) is 151 Å². The van der Waals surface area contributed by atoms with E-state index in [1.165, 1.54) is 97.8 Å². The third-order valence-corrected chi connectivity index (χ3v) is 13.1. The van der Waals surface area contributed by atoms with Gasteiger partial charge in [0, 0.05) is 64.0 Å². The zero-order chi connectivity index (χ0) is 66.4. The number of carboxylic acid groups (broad SMARTS) is 1. The van der Waals surface area contributed by atoms with Gasteiger partial charge in [-0.1, -0.05) is 54.6 Å². The second kappa shape index (κ2) is 29.0. The van der Waals surface area contributed by atoms with Crippen molar-refractivity contribution in [3.8, 4) is 12.1 Å². The molecule has 0 unspecified atom stereocenters. The summed E-state index contributed by atoms with van der Waals surface area (Å²) in [7, 11) is 0. The van der Waals surface area contributed by atoms with Crippen LogP contribution in [0.5, 0.6) is 0 Å². The highest BCUT2D eigenvalue weighted by atomic mass is 19.4. The topological polar surface area (TPSA) is 322 Å². The average Bonchev–Trinajstić information content (AvgIpc) is 1.74. The number of hydrogen-bond acceptors (Lipinski definition) is 14. The quantitative estimate of drug-likeness (QED) is 0.0258. The van der Waals surface area contributed by atoms with Gasteiger partial charge < -0.3 is 30.7 Å². The van der Waals surface area contributed by atoms with E-state index in [1.54, 1.807) is 48.5 Å². The number of aromatic amines is 3. The van der Waals surface area contributed by atoms with Gasteiger partial charge in [0.2, 0.25) is 5.91 Å². The molecule has 4 atom stereocenters. The molecule has 3 aromatic heterocycles. The number of ether oxygens (including phenoxy) is 1. The highest BCUT2D eigenvalue weighted by molar-refractivity contribution is 6.05. The van der Waals surface area contributed by atoms with Crippen LogP contribution in [-0.4, -0.2) is 126 Å². The van der Waals surface area contributed by atoms with E-state index in [1.807, 2.05) is 0 Å². The van der Waals surface area contributed by atoms with Crippen molar-refractivity contribution in [2.45, 2.75) is 48.9 Å². The molecule has 21 nitrogen and oxygen atoms in total. The summed E-state index contributed by atoms with van der Waals surface area (Å²) in [5.41, 5.74) is 8.01. The first-order chi connectivity index (χ1) is 43.1. The first kappa shape index (κ1) is 66.9. The lowest BCUT2D eigenvalue weighted by Crippen LogP contribution is -2.49. The molecule has 11 rings (SSSR count). The Balaban J connectivity index is 0.000000176. The van der Waals surface area contributed by atoms with Crippen molar-refractivity contribution < 1.29 is 86.9 Å². The number of halogens is 11. The number of aliphatic carboxylic acids is 1. The Bertz CT molecular complexity index is 4030. The summed E-state index contributed by atoms with van der Waals surface area (Å²) in [6.45, 7) is -4.27. The Labute approximate surface area is 505 Å². The summed E-state index contributed by atoms with van der Waals surface area (Å²) >= 11 is 0. The van der Waals surface area contributed by atoms with E-state index in [0.29, 0.717) is 26.6 Å². The number of nitrogen functional groups attached to an aromatic ring is 1. The number of carbonyl (C=O) groups is 6. The van der Waals surface area contributed by atoms with Gasteiger partial charge in [0.25, 0.3) is 11.8 Å². The van der Waals surface area contributed by atoms with Crippen LogP contribution in [0.2, 0.25) is 0 Å². The molecular weight excluding hydrogens is 1230 g/mol. The third-order valence-electron chi connectivity index (χ3n) is 13.1. The van der Waals surface area contributed by atoms with E-state index in [2.05, 4.69) is 45.6 Å². The lowest BCUT2D eigenvalue weighted by atomic mass is 9.79. The van der Waals surface area contributed by atoms with Gasteiger partial charge in [0.1, 0.15) is 49.3 Å². The average molecular weight is 1270 g/mol. The molecular formula is C59H44F11N13O8. The number of hydrogen-bond donors (Lipinski definition) is 6. The number of aromatic nitrogens is 6. The van der Waals surface area contributed by atoms with Crippen LogP contribution in [0, 0.1) is 34.3 Å². The number of H-pyrrole nitrogens is 3. The van der Waals surface area contributed by atoms with Crippen LogP contribution < -0.4 is 11.1 Å². The Morgan fingerprint density at radius 3 is 1.63 bits per heavy atom. The Kier molecular flexibility index (Phi) is 21.3. The number of nitriles is 2. The number of amides is 3. The molecule has 3 aliphatic rings. The van der Waals surface area contributed by atoms with E-state index < -0.39 is 109 Å². The minimum Gasteiger partial charge on any atom is -0.481 e. The molecule has 0 spiro atoms. The molecule has 91 heavy (non-hydrogen) atoms. The molecule has 0 radical (unpaired) electrons. The number of benzene rings is 5. The van der Waals surface area contributed by atoms with Gasteiger partial charge in [-0.05, 0) is 71.3 Å². The molecule has 0 saturated carbocycles. The number of fused-ring (bicyclic) bond motifs is 3. The fourth-order valence-corrected chi connectivity index (χ4v) is 9.40. The number of nitrogens with one attached hydrogen (secondary N) is 4. The molecule has 7 N–H and O–H groups in total. The molecule has 0 fully saturated rings. The predicted molar refractivity (Wildman–Crippen MR) is 296 cm³/mol. The lowest BCUT2D eigenvalue weighted by Gasteiger charge is -2.41. The number of aliphatic imine (C=N–C) groups is 1. The van der Waals surface area contributed by atoms with Gasteiger partial charge in [0.15, 0.2) is 0 Å². The van der Waals surface area contributed by atoms with E-state index in [0.717, 1.165) is 23.9 Å². The van der Waals surface area contributed by atoms with Gasteiger partial charge in [0.05, 0.1) is 59.7 Å². The van der Waals surface area contributed by atoms with Crippen LogP contribution in [0.4, 0.5) is 59.7 Å². The second-order valence-corrected chi connectivity index (χ2v) is 19.4. The van der Waals surface area contributed by atoms with Gasteiger partial charge in [-0.2, -0.15) is 65.3 Å².